The third-order valence-electron chi connectivity index (χ3n) is 5.32. The van der Waals surface area contributed by atoms with Gasteiger partial charge in [-0.05, 0) is 23.6 Å². The summed E-state index contributed by atoms with van der Waals surface area (Å²) in [7, 11) is 2.06. The number of hydrogen-bond donors (Lipinski definition) is 2. The van der Waals surface area contributed by atoms with Crippen LogP contribution in [0.15, 0.2) is 42.9 Å². The van der Waals surface area contributed by atoms with E-state index in [2.05, 4.69) is 63.0 Å². The second-order valence-electron chi connectivity index (χ2n) is 6.87. The number of fused-ring (bicyclic) bond motifs is 1. The lowest BCUT2D eigenvalue weighted by Gasteiger charge is -2.40. The number of aryl methyl sites for hydroxylation is 1. The van der Waals surface area contributed by atoms with E-state index in [0.717, 1.165) is 38.6 Å². The number of para-hydroxylation sites is 1. The van der Waals surface area contributed by atoms with Gasteiger partial charge in [0.05, 0.1) is 18.8 Å². The standard InChI is InChI=1S/C20H27N5O/c1-3-25-11-12-26-17(19(25)20-23-9-10-24(20)2)14-21-13-16-6-4-5-15-7-8-22-18(15)16/h4-10,17,19,21-22H,3,11-14H2,1-2H3/t17-,19+/m0/s1. The number of aromatic amines is 1. The summed E-state index contributed by atoms with van der Waals surface area (Å²) >= 11 is 0. The predicted octanol–water partition coefficient (Wildman–Crippen LogP) is 2.45. The van der Waals surface area contributed by atoms with E-state index in [1.54, 1.807) is 0 Å². The number of ether oxygens (including phenoxy) is 1. The lowest BCUT2D eigenvalue weighted by molar-refractivity contribution is -0.0729. The number of morpholine rings is 1. The molecule has 0 bridgehead atoms. The summed E-state index contributed by atoms with van der Waals surface area (Å²) in [4.78, 5) is 10.4. The third kappa shape index (κ3) is 3.28. The van der Waals surface area contributed by atoms with E-state index in [4.69, 9.17) is 4.74 Å². The van der Waals surface area contributed by atoms with Crippen LogP contribution in [0.1, 0.15) is 24.4 Å². The number of aromatic nitrogens is 3. The summed E-state index contributed by atoms with van der Waals surface area (Å²) in [6.07, 6.45) is 5.96. The molecule has 6 nitrogen and oxygen atoms in total. The normalized spacial score (nSPS) is 21.5. The first-order valence-corrected chi connectivity index (χ1v) is 9.36. The average molecular weight is 353 g/mol. The van der Waals surface area contributed by atoms with Crippen LogP contribution in [0.2, 0.25) is 0 Å². The van der Waals surface area contributed by atoms with Gasteiger partial charge < -0.3 is 19.6 Å². The van der Waals surface area contributed by atoms with Crippen molar-refractivity contribution in [3.63, 3.8) is 0 Å². The number of nitrogens with one attached hydrogen (secondary N) is 2. The Kier molecular flexibility index (Phi) is 5.06. The molecule has 3 aromatic rings. The van der Waals surface area contributed by atoms with Crippen molar-refractivity contribution < 1.29 is 4.74 Å². The highest BCUT2D eigenvalue weighted by atomic mass is 16.5. The van der Waals surface area contributed by atoms with Crippen LogP contribution in [-0.2, 0) is 18.3 Å². The van der Waals surface area contributed by atoms with Crippen LogP contribution < -0.4 is 5.32 Å². The maximum atomic E-state index is 6.15. The molecule has 26 heavy (non-hydrogen) atoms. The molecule has 0 amide bonds. The van der Waals surface area contributed by atoms with Crippen molar-refractivity contribution in [3.8, 4) is 0 Å². The lowest BCUT2D eigenvalue weighted by atomic mass is 10.1. The van der Waals surface area contributed by atoms with Crippen LogP contribution in [0.5, 0.6) is 0 Å². The Morgan fingerprint density at radius 1 is 1.35 bits per heavy atom. The summed E-state index contributed by atoms with van der Waals surface area (Å²) in [5.74, 6) is 1.07. The Labute approximate surface area is 154 Å². The van der Waals surface area contributed by atoms with Gasteiger partial charge in [0.25, 0.3) is 0 Å². The number of imidazole rings is 1. The van der Waals surface area contributed by atoms with E-state index in [9.17, 15) is 0 Å². The van der Waals surface area contributed by atoms with Crippen molar-refractivity contribution in [1.82, 2.24) is 24.8 Å². The van der Waals surface area contributed by atoms with E-state index in [0.29, 0.717) is 0 Å². The molecule has 0 unspecified atom stereocenters. The maximum absolute atomic E-state index is 6.15. The predicted molar refractivity (Wildman–Crippen MR) is 103 cm³/mol. The van der Waals surface area contributed by atoms with Gasteiger partial charge >= 0.3 is 0 Å². The lowest BCUT2D eigenvalue weighted by Crippen LogP contribution is -2.49. The zero-order valence-electron chi connectivity index (χ0n) is 15.5. The number of rotatable bonds is 6. The fraction of sp³-hybridized carbons (Fsp3) is 0.450. The van der Waals surface area contributed by atoms with Crippen molar-refractivity contribution >= 4 is 10.9 Å². The van der Waals surface area contributed by atoms with Gasteiger partial charge in [-0.1, -0.05) is 25.1 Å². The Hall–Kier alpha value is -2.15. The zero-order valence-corrected chi connectivity index (χ0v) is 15.5. The number of nitrogens with zero attached hydrogens (tertiary/aromatic N) is 3. The van der Waals surface area contributed by atoms with Crippen LogP contribution in [0, 0.1) is 0 Å². The van der Waals surface area contributed by atoms with Gasteiger partial charge in [0.2, 0.25) is 0 Å². The van der Waals surface area contributed by atoms with Crippen molar-refractivity contribution in [2.75, 3.05) is 26.2 Å². The topological polar surface area (TPSA) is 58.1 Å². The first kappa shape index (κ1) is 17.3. The van der Waals surface area contributed by atoms with Gasteiger partial charge in [-0.25, -0.2) is 4.98 Å². The third-order valence-corrected chi connectivity index (χ3v) is 5.32. The van der Waals surface area contributed by atoms with Gasteiger partial charge in [-0.2, -0.15) is 0 Å². The molecule has 1 fully saturated rings. The monoisotopic (exact) mass is 353 g/mol. The summed E-state index contributed by atoms with van der Waals surface area (Å²) in [6, 6.07) is 8.71. The number of H-pyrrole nitrogens is 1. The molecule has 6 heteroatoms. The molecule has 1 saturated heterocycles. The molecule has 2 aromatic heterocycles. The van der Waals surface area contributed by atoms with E-state index in [1.807, 2.05) is 18.6 Å². The molecule has 1 aromatic carbocycles. The van der Waals surface area contributed by atoms with E-state index in [-0.39, 0.29) is 12.1 Å². The molecule has 0 aliphatic carbocycles. The van der Waals surface area contributed by atoms with Gasteiger partial charge in [-0.15, -0.1) is 0 Å². The highest BCUT2D eigenvalue weighted by Gasteiger charge is 2.35. The van der Waals surface area contributed by atoms with Gasteiger partial charge in [-0.3, -0.25) is 4.90 Å². The average Bonchev–Trinajstić information content (AvgIpc) is 3.30. The number of benzene rings is 1. The van der Waals surface area contributed by atoms with Gasteiger partial charge in [0, 0.05) is 50.8 Å². The molecule has 3 heterocycles. The minimum Gasteiger partial charge on any atom is -0.373 e. The minimum atomic E-state index is 0.0904. The quantitative estimate of drug-likeness (QED) is 0.715. The molecule has 0 spiro atoms. The maximum Gasteiger partial charge on any atom is 0.128 e. The molecule has 0 radical (unpaired) electrons. The van der Waals surface area contributed by atoms with Crippen LogP contribution in [0.4, 0.5) is 0 Å². The molecule has 0 saturated carbocycles. The van der Waals surface area contributed by atoms with Crippen molar-refractivity contribution in [1.29, 1.82) is 0 Å². The molecule has 1 aliphatic heterocycles. The van der Waals surface area contributed by atoms with Crippen LogP contribution in [-0.4, -0.2) is 51.8 Å². The Morgan fingerprint density at radius 2 is 2.27 bits per heavy atom. The Bertz CT molecular complexity index is 855. The highest BCUT2D eigenvalue weighted by Crippen LogP contribution is 2.28. The SMILES string of the molecule is CCN1CCO[C@@H](CNCc2cccc3cc[nH]c23)[C@@H]1c1nccn1C. The fourth-order valence-electron chi connectivity index (χ4n) is 3.95. The first-order valence-electron chi connectivity index (χ1n) is 9.36. The van der Waals surface area contributed by atoms with Crippen LogP contribution >= 0.6 is 0 Å². The second-order valence-corrected chi connectivity index (χ2v) is 6.87. The summed E-state index contributed by atoms with van der Waals surface area (Å²) in [5, 5.41) is 4.85. The Morgan fingerprint density at radius 3 is 3.08 bits per heavy atom. The van der Waals surface area contributed by atoms with E-state index in [1.165, 1.54) is 16.5 Å². The number of likely N-dealkylation sites (N-methyl/N-ethyl adjacent to an activating group) is 1. The Balaban J connectivity index is 1.47. The van der Waals surface area contributed by atoms with Crippen molar-refractivity contribution in [2.45, 2.75) is 25.6 Å². The smallest absolute Gasteiger partial charge is 0.128 e. The van der Waals surface area contributed by atoms with E-state index < -0.39 is 0 Å². The summed E-state index contributed by atoms with van der Waals surface area (Å²) in [5.41, 5.74) is 2.49. The molecular weight excluding hydrogens is 326 g/mol. The molecule has 4 rings (SSSR count). The zero-order chi connectivity index (χ0) is 17.9. The molecule has 138 valence electrons. The number of hydrogen-bond acceptors (Lipinski definition) is 4. The molecule has 1 aliphatic rings. The summed E-state index contributed by atoms with van der Waals surface area (Å²) < 4.78 is 8.25. The summed E-state index contributed by atoms with van der Waals surface area (Å²) in [6.45, 7) is 6.54. The van der Waals surface area contributed by atoms with Crippen molar-refractivity contribution in [3.05, 3.63) is 54.2 Å². The molecule has 2 N–H and O–H groups in total. The fourth-order valence-corrected chi connectivity index (χ4v) is 3.95. The molecular formula is C20H27N5O. The minimum absolute atomic E-state index is 0.0904. The highest BCUT2D eigenvalue weighted by molar-refractivity contribution is 5.82. The van der Waals surface area contributed by atoms with Gasteiger partial charge in [0.15, 0.2) is 0 Å². The van der Waals surface area contributed by atoms with Gasteiger partial charge in [0.1, 0.15) is 5.82 Å². The first-order chi connectivity index (χ1) is 12.8. The van der Waals surface area contributed by atoms with E-state index >= 15 is 0 Å². The van der Waals surface area contributed by atoms with Crippen LogP contribution in [0.25, 0.3) is 10.9 Å². The van der Waals surface area contributed by atoms with Crippen LogP contribution in [0.3, 0.4) is 0 Å². The largest absolute Gasteiger partial charge is 0.373 e. The molecule has 2 atom stereocenters. The second kappa shape index (κ2) is 7.61. The van der Waals surface area contributed by atoms with Crippen molar-refractivity contribution in [2.24, 2.45) is 7.05 Å².